The molecule has 0 aromatic carbocycles. The van der Waals surface area contributed by atoms with E-state index in [0.717, 1.165) is 38.9 Å². The molecule has 21 heavy (non-hydrogen) atoms. The largest absolute Gasteiger partial charge is 0.352 e. The molecular formula is C17H31N3O. The zero-order chi connectivity index (χ0) is 14.9. The van der Waals surface area contributed by atoms with Crippen molar-refractivity contribution in [3.8, 4) is 0 Å². The molecule has 2 N–H and O–H groups in total. The minimum Gasteiger partial charge on any atom is -0.352 e. The van der Waals surface area contributed by atoms with Crippen LogP contribution in [0.4, 0.5) is 0 Å². The van der Waals surface area contributed by atoms with Gasteiger partial charge in [-0.3, -0.25) is 9.69 Å². The molecule has 2 heterocycles. The Hall–Kier alpha value is -0.610. The number of rotatable bonds is 3. The first-order valence-electron chi connectivity index (χ1n) is 8.82. The molecule has 2 unspecified atom stereocenters. The summed E-state index contributed by atoms with van der Waals surface area (Å²) in [6, 6.07) is 1.16. The zero-order valence-corrected chi connectivity index (χ0v) is 13.7. The third kappa shape index (κ3) is 3.59. The lowest BCUT2D eigenvalue weighted by molar-refractivity contribution is -0.127. The molecule has 2 aliphatic heterocycles. The molecule has 0 bridgehead atoms. The van der Waals surface area contributed by atoms with Gasteiger partial charge >= 0.3 is 0 Å². The minimum absolute atomic E-state index is 0.136. The molecule has 2 atom stereocenters. The first kappa shape index (κ1) is 15.3. The molecule has 0 aromatic heterocycles. The van der Waals surface area contributed by atoms with Crippen LogP contribution in [-0.2, 0) is 4.79 Å². The molecule has 2 saturated heterocycles. The second kappa shape index (κ2) is 6.25. The van der Waals surface area contributed by atoms with Crippen LogP contribution in [0, 0.1) is 5.41 Å². The number of likely N-dealkylation sites (tertiary alicyclic amines) is 1. The van der Waals surface area contributed by atoms with Crippen molar-refractivity contribution >= 4 is 5.91 Å². The highest BCUT2D eigenvalue weighted by Gasteiger charge is 2.38. The van der Waals surface area contributed by atoms with Crippen LogP contribution in [-0.4, -0.2) is 48.6 Å². The molecule has 4 heteroatoms. The standard InChI is InChI=1S/C17H31N3O/c1-17(2)8-5-13(12-17)19-16(21)15-4-3-11-20(15)14-6-9-18-10-7-14/h13-15,18H,3-12H2,1-2H3,(H,19,21). The predicted molar refractivity (Wildman–Crippen MR) is 85.2 cm³/mol. The van der Waals surface area contributed by atoms with Crippen molar-refractivity contribution in [2.75, 3.05) is 19.6 Å². The van der Waals surface area contributed by atoms with Gasteiger partial charge in [0, 0.05) is 12.1 Å². The lowest BCUT2D eigenvalue weighted by atomic mass is 9.92. The molecule has 3 aliphatic rings. The van der Waals surface area contributed by atoms with Crippen molar-refractivity contribution in [1.82, 2.24) is 15.5 Å². The summed E-state index contributed by atoms with van der Waals surface area (Å²) >= 11 is 0. The van der Waals surface area contributed by atoms with Gasteiger partial charge in [-0.2, -0.15) is 0 Å². The minimum atomic E-state index is 0.136. The molecule has 4 nitrogen and oxygen atoms in total. The van der Waals surface area contributed by atoms with E-state index in [0.29, 0.717) is 23.4 Å². The molecule has 120 valence electrons. The normalized spacial score (nSPS) is 34.2. The van der Waals surface area contributed by atoms with Gasteiger partial charge < -0.3 is 10.6 Å². The second-order valence-corrected chi connectivity index (χ2v) is 7.99. The van der Waals surface area contributed by atoms with Gasteiger partial charge in [-0.15, -0.1) is 0 Å². The van der Waals surface area contributed by atoms with Gasteiger partial charge in [0.05, 0.1) is 6.04 Å². The van der Waals surface area contributed by atoms with Gasteiger partial charge in [0.1, 0.15) is 0 Å². The van der Waals surface area contributed by atoms with Gasteiger partial charge in [-0.05, 0) is 70.0 Å². The zero-order valence-electron chi connectivity index (χ0n) is 13.7. The van der Waals surface area contributed by atoms with E-state index < -0.39 is 0 Å². The number of carbonyl (C=O) groups excluding carboxylic acids is 1. The Kier molecular flexibility index (Phi) is 4.55. The molecule has 3 rings (SSSR count). The van der Waals surface area contributed by atoms with Crippen molar-refractivity contribution in [3.63, 3.8) is 0 Å². The highest BCUT2D eigenvalue weighted by molar-refractivity contribution is 5.82. The summed E-state index contributed by atoms with van der Waals surface area (Å²) in [6.07, 6.45) is 8.14. The fraction of sp³-hybridized carbons (Fsp3) is 0.941. The fourth-order valence-electron chi connectivity index (χ4n) is 4.50. The first-order valence-corrected chi connectivity index (χ1v) is 8.82. The average Bonchev–Trinajstić information content (AvgIpc) is 3.06. The van der Waals surface area contributed by atoms with E-state index in [9.17, 15) is 4.79 Å². The highest BCUT2D eigenvalue weighted by atomic mass is 16.2. The third-order valence-corrected chi connectivity index (χ3v) is 5.69. The topological polar surface area (TPSA) is 44.4 Å². The molecule has 1 aliphatic carbocycles. The number of hydrogen-bond donors (Lipinski definition) is 2. The summed E-state index contributed by atoms with van der Waals surface area (Å²) in [6.45, 7) is 7.95. The first-order chi connectivity index (χ1) is 10.1. The Labute approximate surface area is 129 Å². The lowest BCUT2D eigenvalue weighted by Crippen LogP contribution is -2.52. The van der Waals surface area contributed by atoms with E-state index in [1.807, 2.05) is 0 Å². The summed E-state index contributed by atoms with van der Waals surface area (Å²) < 4.78 is 0. The van der Waals surface area contributed by atoms with E-state index in [1.54, 1.807) is 0 Å². The van der Waals surface area contributed by atoms with E-state index in [1.165, 1.54) is 25.7 Å². The summed E-state index contributed by atoms with van der Waals surface area (Å²) in [5.41, 5.74) is 0.405. The smallest absolute Gasteiger partial charge is 0.237 e. The molecule has 3 fully saturated rings. The van der Waals surface area contributed by atoms with Crippen LogP contribution in [0.5, 0.6) is 0 Å². The summed E-state index contributed by atoms with van der Waals surface area (Å²) in [4.78, 5) is 15.2. The van der Waals surface area contributed by atoms with Crippen molar-refractivity contribution < 1.29 is 4.79 Å². The summed E-state index contributed by atoms with van der Waals surface area (Å²) in [7, 11) is 0. The Morgan fingerprint density at radius 1 is 1.19 bits per heavy atom. The SMILES string of the molecule is CC1(C)CCC(NC(=O)C2CCCN2C2CCNCC2)C1. The molecule has 1 amide bonds. The van der Waals surface area contributed by atoms with Crippen LogP contribution in [0.2, 0.25) is 0 Å². The monoisotopic (exact) mass is 293 g/mol. The quantitative estimate of drug-likeness (QED) is 0.835. The Morgan fingerprint density at radius 3 is 2.62 bits per heavy atom. The number of carbonyl (C=O) groups is 1. The van der Waals surface area contributed by atoms with E-state index in [-0.39, 0.29) is 6.04 Å². The van der Waals surface area contributed by atoms with Gasteiger partial charge in [-0.1, -0.05) is 13.8 Å². The third-order valence-electron chi connectivity index (χ3n) is 5.69. The number of nitrogens with zero attached hydrogens (tertiary/aromatic N) is 1. The van der Waals surface area contributed by atoms with Crippen molar-refractivity contribution in [1.29, 1.82) is 0 Å². The van der Waals surface area contributed by atoms with E-state index in [4.69, 9.17) is 0 Å². The van der Waals surface area contributed by atoms with Crippen molar-refractivity contribution in [2.45, 2.75) is 76.9 Å². The second-order valence-electron chi connectivity index (χ2n) is 7.99. The maximum atomic E-state index is 12.7. The predicted octanol–water partition coefficient (Wildman–Crippen LogP) is 1.90. The Balaban J connectivity index is 1.56. The van der Waals surface area contributed by atoms with Gasteiger partial charge in [0.25, 0.3) is 0 Å². The summed E-state index contributed by atoms with van der Waals surface area (Å²) in [5, 5.41) is 6.77. The number of hydrogen-bond acceptors (Lipinski definition) is 3. The van der Waals surface area contributed by atoms with Crippen LogP contribution in [0.1, 0.15) is 58.8 Å². The molecule has 1 saturated carbocycles. The average molecular weight is 293 g/mol. The van der Waals surface area contributed by atoms with Crippen molar-refractivity contribution in [2.24, 2.45) is 5.41 Å². The van der Waals surface area contributed by atoms with Gasteiger partial charge in [-0.25, -0.2) is 0 Å². The van der Waals surface area contributed by atoms with Crippen molar-refractivity contribution in [3.05, 3.63) is 0 Å². The van der Waals surface area contributed by atoms with Crippen LogP contribution < -0.4 is 10.6 Å². The molecule has 0 aromatic rings. The molecular weight excluding hydrogens is 262 g/mol. The van der Waals surface area contributed by atoms with Gasteiger partial charge in [0.15, 0.2) is 0 Å². The Morgan fingerprint density at radius 2 is 1.95 bits per heavy atom. The van der Waals surface area contributed by atoms with Crippen LogP contribution >= 0.6 is 0 Å². The maximum absolute atomic E-state index is 12.7. The van der Waals surface area contributed by atoms with E-state index >= 15 is 0 Å². The molecule has 0 radical (unpaired) electrons. The van der Waals surface area contributed by atoms with Gasteiger partial charge in [0.2, 0.25) is 5.91 Å². The number of amides is 1. The van der Waals surface area contributed by atoms with Crippen LogP contribution in [0.3, 0.4) is 0 Å². The fourth-order valence-corrected chi connectivity index (χ4v) is 4.50. The van der Waals surface area contributed by atoms with Crippen LogP contribution in [0.25, 0.3) is 0 Å². The molecule has 0 spiro atoms. The Bertz CT molecular complexity index is 376. The lowest BCUT2D eigenvalue weighted by Gasteiger charge is -2.35. The number of piperidine rings is 1. The van der Waals surface area contributed by atoms with Crippen LogP contribution in [0.15, 0.2) is 0 Å². The highest BCUT2D eigenvalue weighted by Crippen LogP contribution is 2.37. The summed E-state index contributed by atoms with van der Waals surface area (Å²) in [5.74, 6) is 0.300. The maximum Gasteiger partial charge on any atom is 0.237 e. The van der Waals surface area contributed by atoms with E-state index in [2.05, 4.69) is 29.4 Å². The number of nitrogens with one attached hydrogen (secondary N) is 2.